The topological polar surface area (TPSA) is 189 Å². The summed E-state index contributed by atoms with van der Waals surface area (Å²) in [5, 5.41) is 76.1. The lowest BCUT2D eigenvalue weighted by atomic mass is 9.98. The number of carbonyl (C=O) groups excluding carboxylic acids is 1. The van der Waals surface area contributed by atoms with Crippen LogP contribution in [0.25, 0.3) is 0 Å². The van der Waals surface area contributed by atoms with Crippen LogP contribution in [0, 0.1) is 0 Å². The molecule has 1 rings (SSSR count). The van der Waals surface area contributed by atoms with Crippen LogP contribution in [0.5, 0.6) is 0 Å². The van der Waals surface area contributed by atoms with Gasteiger partial charge >= 0.3 is 0 Å². The van der Waals surface area contributed by atoms with Crippen molar-refractivity contribution in [3.8, 4) is 0 Å². The first-order valence-corrected chi connectivity index (χ1v) is 29.1. The van der Waals surface area contributed by atoms with Crippen molar-refractivity contribution in [2.24, 2.45) is 0 Å². The summed E-state index contributed by atoms with van der Waals surface area (Å²) in [6.07, 6.45) is 42.7. The first kappa shape index (κ1) is 64.9. The fourth-order valence-electron chi connectivity index (χ4n) is 9.56. The van der Waals surface area contributed by atoms with Crippen molar-refractivity contribution in [3.05, 3.63) is 12.2 Å². The van der Waals surface area contributed by atoms with Crippen LogP contribution in [0.4, 0.5) is 0 Å². The van der Waals surface area contributed by atoms with Gasteiger partial charge in [-0.3, -0.25) is 4.79 Å². The first-order chi connectivity index (χ1) is 33.2. The number of amides is 1. The summed E-state index contributed by atoms with van der Waals surface area (Å²) in [5.41, 5.74) is 0. The number of allylic oxidation sites excluding steroid dienone is 2. The number of hydrogen-bond donors (Lipinski definition) is 8. The van der Waals surface area contributed by atoms with Crippen molar-refractivity contribution >= 4 is 5.91 Å². The molecule has 1 amide bonds. The lowest BCUT2D eigenvalue weighted by Gasteiger charge is -2.40. The molecule has 8 N–H and O–H groups in total. The third-order valence-corrected chi connectivity index (χ3v) is 14.3. The van der Waals surface area contributed by atoms with Crippen LogP contribution in [0.2, 0.25) is 0 Å². The number of ether oxygens (including phenoxy) is 2. The largest absolute Gasteiger partial charge is 0.394 e. The Kier molecular flexibility index (Phi) is 44.7. The summed E-state index contributed by atoms with van der Waals surface area (Å²) in [7, 11) is 0. The molecule has 11 nitrogen and oxygen atoms in total. The van der Waals surface area contributed by atoms with Crippen LogP contribution in [0.1, 0.15) is 277 Å². The van der Waals surface area contributed by atoms with E-state index in [0.29, 0.717) is 19.3 Å². The summed E-state index contributed by atoms with van der Waals surface area (Å²) in [6.45, 7) is 3.47. The molecule has 0 radical (unpaired) electrons. The summed E-state index contributed by atoms with van der Waals surface area (Å²) in [6, 6.07) is -1.17. The molecule has 0 spiro atoms. The molecule has 11 heteroatoms. The number of rotatable bonds is 50. The van der Waals surface area contributed by atoms with Gasteiger partial charge in [0.1, 0.15) is 36.6 Å². The van der Waals surface area contributed by atoms with Crippen molar-refractivity contribution in [2.45, 2.75) is 332 Å². The van der Waals surface area contributed by atoms with Crippen molar-refractivity contribution < 1.29 is 50.0 Å². The summed E-state index contributed by atoms with van der Waals surface area (Å²) in [5.74, 6) is -0.702. The lowest BCUT2D eigenvalue weighted by Crippen LogP contribution is -2.60. The highest BCUT2D eigenvalue weighted by molar-refractivity contribution is 5.80. The van der Waals surface area contributed by atoms with Gasteiger partial charge in [0.25, 0.3) is 0 Å². The molecule has 0 saturated carbocycles. The number of nitrogens with one attached hydrogen (secondary N) is 1. The van der Waals surface area contributed by atoms with Crippen LogP contribution >= 0.6 is 0 Å². The zero-order valence-electron chi connectivity index (χ0n) is 44.1. The van der Waals surface area contributed by atoms with Crippen molar-refractivity contribution in [2.75, 3.05) is 13.2 Å². The second kappa shape index (κ2) is 46.9. The molecular weight excluding hydrogens is 859 g/mol. The molecule has 0 aliphatic carbocycles. The zero-order valence-corrected chi connectivity index (χ0v) is 44.1. The minimum Gasteiger partial charge on any atom is -0.394 e. The van der Waals surface area contributed by atoms with Gasteiger partial charge in [-0.25, -0.2) is 0 Å². The van der Waals surface area contributed by atoms with E-state index in [0.717, 1.165) is 51.4 Å². The third-order valence-electron chi connectivity index (χ3n) is 14.3. The van der Waals surface area contributed by atoms with E-state index in [9.17, 15) is 40.5 Å². The van der Waals surface area contributed by atoms with E-state index in [2.05, 4.69) is 31.3 Å². The lowest BCUT2D eigenvalue weighted by molar-refractivity contribution is -0.303. The Bertz CT molecular complexity index is 1110. The van der Waals surface area contributed by atoms with E-state index in [1.54, 1.807) is 0 Å². The van der Waals surface area contributed by atoms with E-state index in [1.165, 1.54) is 186 Å². The predicted molar refractivity (Wildman–Crippen MR) is 279 cm³/mol. The number of aliphatic hydroxyl groups is 7. The van der Waals surface area contributed by atoms with Gasteiger partial charge in [0, 0.05) is 0 Å². The Balaban J connectivity index is 2.28. The highest BCUT2D eigenvalue weighted by atomic mass is 16.7. The highest BCUT2D eigenvalue weighted by Crippen LogP contribution is 2.23. The molecule has 1 aliphatic heterocycles. The van der Waals surface area contributed by atoms with Gasteiger partial charge in [-0.1, -0.05) is 251 Å². The maximum absolute atomic E-state index is 13.1. The van der Waals surface area contributed by atoms with E-state index < -0.39 is 74.2 Å². The maximum Gasteiger partial charge on any atom is 0.249 e. The molecule has 1 fully saturated rings. The quantitative estimate of drug-likeness (QED) is 0.0215. The van der Waals surface area contributed by atoms with Gasteiger partial charge < -0.3 is 50.5 Å². The number of aliphatic hydroxyl groups excluding tert-OH is 7. The van der Waals surface area contributed by atoms with E-state index in [1.807, 2.05) is 0 Å². The summed E-state index contributed by atoms with van der Waals surface area (Å²) in [4.78, 5) is 13.1. The average Bonchev–Trinajstić information content (AvgIpc) is 3.34. The van der Waals surface area contributed by atoms with Gasteiger partial charge in [0.2, 0.25) is 5.91 Å². The van der Waals surface area contributed by atoms with Crippen LogP contribution in [-0.4, -0.2) is 110 Å². The molecule has 0 aromatic heterocycles. The molecule has 1 saturated heterocycles. The maximum atomic E-state index is 13.1. The SMILES string of the molecule is CCCCCCCCC/C=C\CCCCCCC(O)C(=O)NC(COC1OC(CO)C(O)C(O)C1O)C(O)C(O)CCCCCCCCCCCCCCCCCCCCCCCCCCCC. The average molecular weight is 971 g/mol. The predicted octanol–water partition coefficient (Wildman–Crippen LogP) is 12.0. The summed E-state index contributed by atoms with van der Waals surface area (Å²) < 4.78 is 11.1. The number of carbonyl (C=O) groups is 1. The molecule has 0 aromatic carbocycles. The van der Waals surface area contributed by atoms with Crippen molar-refractivity contribution in [3.63, 3.8) is 0 Å². The molecule has 1 aliphatic rings. The van der Waals surface area contributed by atoms with Gasteiger partial charge in [-0.2, -0.15) is 0 Å². The van der Waals surface area contributed by atoms with Gasteiger partial charge in [-0.05, 0) is 38.5 Å². The fourth-order valence-corrected chi connectivity index (χ4v) is 9.56. The highest BCUT2D eigenvalue weighted by Gasteiger charge is 2.44. The Hall–Kier alpha value is -1.15. The first-order valence-electron chi connectivity index (χ1n) is 29.1. The minimum absolute atomic E-state index is 0.248. The van der Waals surface area contributed by atoms with Crippen LogP contribution in [0.15, 0.2) is 12.2 Å². The molecule has 404 valence electrons. The molecule has 1 heterocycles. The van der Waals surface area contributed by atoms with Crippen LogP contribution in [-0.2, 0) is 14.3 Å². The Labute approximate surface area is 417 Å². The second-order valence-electron chi connectivity index (χ2n) is 20.7. The fraction of sp³-hybridized carbons (Fsp3) is 0.947. The molecule has 9 atom stereocenters. The molecule has 0 aromatic rings. The Morgan fingerprint density at radius 2 is 0.853 bits per heavy atom. The molecule has 9 unspecified atom stereocenters. The molecule has 0 bridgehead atoms. The molecule has 68 heavy (non-hydrogen) atoms. The monoisotopic (exact) mass is 970 g/mol. The van der Waals surface area contributed by atoms with Gasteiger partial charge in [-0.15, -0.1) is 0 Å². The zero-order chi connectivity index (χ0) is 49.7. The van der Waals surface area contributed by atoms with Gasteiger partial charge in [0.15, 0.2) is 6.29 Å². The summed E-state index contributed by atoms with van der Waals surface area (Å²) >= 11 is 0. The number of unbranched alkanes of at least 4 members (excludes halogenated alkanes) is 36. The van der Waals surface area contributed by atoms with Crippen molar-refractivity contribution in [1.82, 2.24) is 5.32 Å². The Morgan fingerprint density at radius 1 is 0.500 bits per heavy atom. The smallest absolute Gasteiger partial charge is 0.249 e. The van der Waals surface area contributed by atoms with E-state index in [-0.39, 0.29) is 6.42 Å². The van der Waals surface area contributed by atoms with E-state index in [4.69, 9.17) is 9.47 Å². The standard InChI is InChI=1S/C57H111NO10/c1-3-5-7-9-11-13-15-17-19-20-21-22-23-24-25-26-27-28-29-31-32-34-36-38-40-42-44-49(60)52(62)48(47-67-57-55(65)54(64)53(63)51(46-59)68-57)58-56(66)50(61)45-43-41-39-37-35-33-30-18-16-14-12-10-8-6-4-2/h30,33,48-55,57,59-65H,3-29,31-32,34-47H2,1-2H3,(H,58,66)/b33-30-. The van der Waals surface area contributed by atoms with Gasteiger partial charge in [0.05, 0.1) is 25.4 Å². The van der Waals surface area contributed by atoms with Crippen LogP contribution < -0.4 is 5.32 Å². The number of hydrogen-bond acceptors (Lipinski definition) is 10. The molecular formula is C57H111NO10. The normalized spacial score (nSPS) is 20.5. The third kappa shape index (κ3) is 35.1. The van der Waals surface area contributed by atoms with Crippen molar-refractivity contribution in [1.29, 1.82) is 0 Å². The second-order valence-corrected chi connectivity index (χ2v) is 20.7. The Morgan fingerprint density at radius 3 is 1.24 bits per heavy atom. The van der Waals surface area contributed by atoms with E-state index >= 15 is 0 Å². The van der Waals surface area contributed by atoms with Crippen LogP contribution in [0.3, 0.4) is 0 Å². The minimum atomic E-state index is -1.66.